The van der Waals surface area contributed by atoms with Gasteiger partial charge in [-0.1, -0.05) is 37.6 Å². The molecule has 0 saturated carbocycles. The number of methoxy groups -OCH3 is 1. The number of halogens is 1. The molecule has 3 aromatic carbocycles. The number of rotatable bonds is 12. The molecule has 1 aliphatic rings. The number of ether oxygens (including phenoxy) is 3. The Kier molecular flexibility index (Phi) is 11.0. The summed E-state index contributed by atoms with van der Waals surface area (Å²) in [7, 11) is 1.58. The molecule has 234 valence electrons. The number of piperidine rings is 1. The molecular formula is C35H39BFN3O5. The Morgan fingerprint density at radius 2 is 1.71 bits per heavy atom. The van der Waals surface area contributed by atoms with Crippen LogP contribution in [0.3, 0.4) is 0 Å². The summed E-state index contributed by atoms with van der Waals surface area (Å²) >= 11 is 0. The standard InChI is InChI=1S/C35H39BFN3O5/c1-3-6-24-7-4-5-8-25(24)14-18-39-34(41)35(42)40-26-9-10-31(29(37)19-26)45-30-11-15-36-28-21-33(32(43-2)20-27(28)30)44-22-23-12-16-38-17-13-23/h4-5,7-11,15,19-21,23,38H,3,6,12-14,16-18,22H2,1-2H3,(H,39,41)(H,40,42). The van der Waals surface area contributed by atoms with Gasteiger partial charge in [-0.3, -0.25) is 0 Å². The van der Waals surface area contributed by atoms with Crippen LogP contribution in [0.15, 0.2) is 66.6 Å². The number of aryl methyl sites for hydroxylation is 1. The molecule has 2 heterocycles. The third-order valence-electron chi connectivity index (χ3n) is 7.99. The molecule has 2 amide bonds. The van der Waals surface area contributed by atoms with Gasteiger partial charge in [-0.05, 0) is 24.0 Å². The second-order valence-corrected chi connectivity index (χ2v) is 11.2. The predicted octanol–water partition coefficient (Wildman–Crippen LogP) is 5.75. The van der Waals surface area contributed by atoms with Crippen LogP contribution in [0.25, 0.3) is 10.7 Å². The molecule has 1 aromatic heterocycles. The van der Waals surface area contributed by atoms with E-state index in [-0.39, 0.29) is 11.4 Å². The van der Waals surface area contributed by atoms with Gasteiger partial charge < -0.3 is 0 Å². The maximum atomic E-state index is 15.1. The minimum absolute atomic E-state index is 0.0269. The molecule has 0 unspecified atom stereocenters. The summed E-state index contributed by atoms with van der Waals surface area (Å²) in [5.74, 6) is 1.60. The van der Waals surface area contributed by atoms with Gasteiger partial charge in [-0.25, -0.2) is 0 Å². The van der Waals surface area contributed by atoms with E-state index in [1.807, 2.05) is 43.2 Å². The van der Waals surface area contributed by atoms with Gasteiger partial charge in [0.05, 0.1) is 0 Å². The quantitative estimate of drug-likeness (QED) is 0.177. The first-order valence-electron chi connectivity index (χ1n) is 15.5. The van der Waals surface area contributed by atoms with Crippen molar-refractivity contribution in [2.24, 2.45) is 5.92 Å². The first-order chi connectivity index (χ1) is 21.9. The van der Waals surface area contributed by atoms with Crippen molar-refractivity contribution in [3.8, 4) is 23.0 Å². The molecule has 0 atom stereocenters. The minimum atomic E-state index is -0.871. The van der Waals surface area contributed by atoms with Gasteiger partial charge in [0.2, 0.25) is 0 Å². The molecule has 3 N–H and O–H groups in total. The monoisotopic (exact) mass is 611 g/mol. The van der Waals surface area contributed by atoms with Crippen molar-refractivity contribution >= 4 is 35.1 Å². The molecule has 0 aliphatic carbocycles. The van der Waals surface area contributed by atoms with E-state index in [4.69, 9.17) is 14.2 Å². The maximum absolute atomic E-state index is 15.1. The SMILES string of the molecule is CCCc1ccccc1CCNC(=O)C(=O)Nc1ccc(Oc2ccbc3cc(OCC4CCNCC4)c(OC)cc23)c(F)c1. The van der Waals surface area contributed by atoms with E-state index in [9.17, 15) is 9.59 Å². The third-order valence-corrected chi connectivity index (χ3v) is 7.99. The zero-order valence-electron chi connectivity index (χ0n) is 25.8. The summed E-state index contributed by atoms with van der Waals surface area (Å²) in [5.41, 5.74) is 2.52. The van der Waals surface area contributed by atoms with Crippen LogP contribution >= 0.6 is 0 Å². The number of hydrogen-bond acceptors (Lipinski definition) is 6. The van der Waals surface area contributed by atoms with Crippen molar-refractivity contribution in [3.05, 3.63) is 83.6 Å². The topological polar surface area (TPSA) is 97.9 Å². The molecule has 1 saturated heterocycles. The average Bonchev–Trinajstić information content (AvgIpc) is 3.06. The fourth-order valence-corrected chi connectivity index (χ4v) is 5.55. The van der Waals surface area contributed by atoms with Gasteiger partial charge in [-0.15, -0.1) is 0 Å². The zero-order chi connectivity index (χ0) is 31.6. The van der Waals surface area contributed by atoms with E-state index < -0.39 is 17.6 Å². The molecule has 1 aliphatic heterocycles. The summed E-state index contributed by atoms with van der Waals surface area (Å²) in [5, 5.41) is 10.1. The second kappa shape index (κ2) is 15.5. The van der Waals surface area contributed by atoms with Gasteiger partial charge in [-0.2, -0.15) is 0 Å². The van der Waals surface area contributed by atoms with Gasteiger partial charge in [0.15, 0.2) is 0 Å². The summed E-state index contributed by atoms with van der Waals surface area (Å²) < 4.78 is 32.9. The number of benzene rings is 3. The van der Waals surface area contributed by atoms with Crippen LogP contribution in [0, 0.1) is 11.7 Å². The van der Waals surface area contributed by atoms with E-state index in [0.717, 1.165) is 61.1 Å². The number of anilines is 1. The van der Waals surface area contributed by atoms with Crippen molar-refractivity contribution in [1.29, 1.82) is 0 Å². The van der Waals surface area contributed by atoms with Crippen LogP contribution < -0.4 is 30.2 Å². The van der Waals surface area contributed by atoms with Gasteiger partial charge in [0, 0.05) is 6.54 Å². The number of hydrogen-bond donors (Lipinski definition) is 3. The van der Waals surface area contributed by atoms with Gasteiger partial charge in [0.1, 0.15) is 0 Å². The first kappa shape index (κ1) is 32.0. The Balaban J connectivity index is 1.20. The molecule has 0 bridgehead atoms. The van der Waals surface area contributed by atoms with Gasteiger partial charge in [0.25, 0.3) is 0 Å². The summed E-state index contributed by atoms with van der Waals surface area (Å²) in [6, 6.07) is 17.6. The Morgan fingerprint density at radius 3 is 2.44 bits per heavy atom. The second-order valence-electron chi connectivity index (χ2n) is 11.2. The zero-order valence-corrected chi connectivity index (χ0v) is 25.8. The molecule has 5 rings (SSSR count). The van der Waals surface area contributed by atoms with Crippen LogP contribution in [-0.2, 0) is 22.4 Å². The van der Waals surface area contributed by atoms with Crippen LogP contribution in [0.4, 0.5) is 10.1 Å². The van der Waals surface area contributed by atoms with E-state index in [0.29, 0.717) is 42.7 Å². The Hall–Kier alpha value is -4.44. The number of nitrogens with one attached hydrogen (secondary N) is 3. The Labute approximate surface area is 263 Å². The predicted molar refractivity (Wildman–Crippen MR) is 175 cm³/mol. The van der Waals surface area contributed by atoms with E-state index >= 15 is 4.39 Å². The van der Waals surface area contributed by atoms with Crippen LogP contribution in [0.5, 0.6) is 23.0 Å². The average molecular weight is 612 g/mol. The normalized spacial score (nSPS) is 13.2. The van der Waals surface area contributed by atoms with Crippen molar-refractivity contribution in [3.63, 3.8) is 0 Å². The van der Waals surface area contributed by atoms with E-state index in [2.05, 4.69) is 28.9 Å². The summed E-state index contributed by atoms with van der Waals surface area (Å²) in [6.45, 7) is 6.98. The molecule has 1 fully saturated rings. The molecule has 10 heteroatoms. The summed E-state index contributed by atoms with van der Waals surface area (Å²) in [6.07, 6.45) is 4.74. The number of fused-ring (bicyclic) bond motifs is 1. The molecule has 0 radical (unpaired) electrons. The first-order valence-corrected chi connectivity index (χ1v) is 15.5. The molecular weight excluding hydrogens is 572 g/mol. The van der Waals surface area contributed by atoms with Crippen LogP contribution in [0.1, 0.15) is 37.3 Å². The Morgan fingerprint density at radius 1 is 0.933 bits per heavy atom. The number of amides is 2. The molecule has 4 aromatic rings. The van der Waals surface area contributed by atoms with E-state index in [1.165, 1.54) is 17.7 Å². The van der Waals surface area contributed by atoms with Crippen molar-refractivity contribution in [2.75, 3.05) is 38.7 Å². The third kappa shape index (κ3) is 8.39. The van der Waals surface area contributed by atoms with Gasteiger partial charge >= 0.3 is 196 Å². The fourth-order valence-electron chi connectivity index (χ4n) is 5.55. The Bertz CT molecular complexity index is 1640. The molecule has 8 nitrogen and oxygen atoms in total. The molecule has 0 spiro atoms. The molecule has 45 heavy (non-hydrogen) atoms. The fraction of sp³-hybridized carbons (Fsp3) is 0.343. The summed E-state index contributed by atoms with van der Waals surface area (Å²) in [4.78, 5) is 24.9. The van der Waals surface area contributed by atoms with Crippen LogP contribution in [0.2, 0.25) is 0 Å². The van der Waals surface area contributed by atoms with E-state index in [1.54, 1.807) is 13.2 Å². The number of carbonyl (C=O) groups is 2. The number of carbonyl (C=O) groups excluding carboxylic acids is 2. The van der Waals surface area contributed by atoms with Crippen molar-refractivity contribution in [2.45, 2.75) is 39.0 Å². The van der Waals surface area contributed by atoms with Crippen LogP contribution in [-0.4, -0.2) is 52.1 Å². The van der Waals surface area contributed by atoms with Crippen molar-refractivity contribution < 1.29 is 28.2 Å². The van der Waals surface area contributed by atoms with Crippen molar-refractivity contribution in [1.82, 2.24) is 10.6 Å².